The normalized spacial score (nSPS) is 26.0. The van der Waals surface area contributed by atoms with Crippen LogP contribution < -0.4 is 5.14 Å². The molecular weight excluding hydrogens is 433 g/mol. The molecule has 24 heavy (non-hydrogen) atoms. The van der Waals surface area contributed by atoms with E-state index in [1.165, 1.54) is 24.0 Å². The van der Waals surface area contributed by atoms with Crippen LogP contribution in [0.2, 0.25) is 0 Å². The molecule has 0 spiro atoms. The molecule has 5 heteroatoms. The number of hydrogen-bond donors (Lipinski definition) is 1. The molecule has 2 bridgehead atoms. The minimum atomic E-state index is -3.71. The van der Waals surface area contributed by atoms with Gasteiger partial charge in [-0.1, -0.05) is 30.3 Å². The Morgan fingerprint density at radius 2 is 1.54 bits per heavy atom. The first-order valence-electron chi connectivity index (χ1n) is 8.32. The number of benzene rings is 2. The molecule has 3 nitrogen and oxygen atoms in total. The van der Waals surface area contributed by atoms with Crippen molar-refractivity contribution < 1.29 is 8.42 Å². The van der Waals surface area contributed by atoms with Crippen LogP contribution in [0.1, 0.15) is 35.4 Å². The molecule has 0 heterocycles. The van der Waals surface area contributed by atoms with E-state index in [1.54, 1.807) is 6.07 Å². The van der Waals surface area contributed by atoms with E-state index in [4.69, 9.17) is 5.14 Å². The van der Waals surface area contributed by atoms with E-state index in [1.807, 2.05) is 12.1 Å². The fourth-order valence-corrected chi connectivity index (χ4v) is 6.22. The van der Waals surface area contributed by atoms with Gasteiger partial charge in [-0.05, 0) is 94.9 Å². The molecule has 0 radical (unpaired) electrons. The van der Waals surface area contributed by atoms with Crippen molar-refractivity contribution in [2.45, 2.75) is 36.5 Å². The van der Waals surface area contributed by atoms with Crippen molar-refractivity contribution in [3.63, 3.8) is 0 Å². The Balaban J connectivity index is 1.82. The lowest BCUT2D eigenvalue weighted by atomic mass is 9.82. The number of fused-ring (bicyclic) bond motifs is 3. The Morgan fingerprint density at radius 3 is 2.08 bits per heavy atom. The zero-order valence-electron chi connectivity index (χ0n) is 13.3. The lowest BCUT2D eigenvalue weighted by Crippen LogP contribution is -2.21. The maximum absolute atomic E-state index is 12.2. The van der Waals surface area contributed by atoms with Gasteiger partial charge in [0, 0.05) is 3.57 Å². The Hall–Kier alpha value is -0.920. The molecule has 2 aromatic carbocycles. The van der Waals surface area contributed by atoms with Crippen molar-refractivity contribution in [2.24, 2.45) is 17.0 Å². The predicted molar refractivity (Wildman–Crippen MR) is 103 cm³/mol. The SMILES string of the molecule is NS(=O)(=O)c1cc(I)ccc1C1C2CCC1Cc1ccccc1C2. The van der Waals surface area contributed by atoms with E-state index < -0.39 is 10.0 Å². The Bertz CT molecular complexity index is 861. The van der Waals surface area contributed by atoms with Crippen molar-refractivity contribution >= 4 is 32.6 Å². The third kappa shape index (κ3) is 2.91. The number of primary sulfonamides is 1. The molecule has 1 fully saturated rings. The highest BCUT2D eigenvalue weighted by Gasteiger charge is 2.41. The summed E-state index contributed by atoms with van der Waals surface area (Å²) >= 11 is 2.15. The van der Waals surface area contributed by atoms with E-state index >= 15 is 0 Å². The number of nitrogens with two attached hydrogens (primary N) is 1. The summed E-state index contributed by atoms with van der Waals surface area (Å²) < 4.78 is 25.2. The van der Waals surface area contributed by atoms with E-state index in [0.717, 1.165) is 22.0 Å². The number of hydrogen-bond acceptors (Lipinski definition) is 2. The summed E-state index contributed by atoms with van der Waals surface area (Å²) in [6.07, 6.45) is 4.40. The summed E-state index contributed by atoms with van der Waals surface area (Å²) in [6, 6.07) is 14.4. The third-order valence-electron chi connectivity index (χ3n) is 5.65. The van der Waals surface area contributed by atoms with Crippen LogP contribution in [0.5, 0.6) is 0 Å². The largest absolute Gasteiger partial charge is 0.238 e. The second-order valence-electron chi connectivity index (χ2n) is 7.03. The van der Waals surface area contributed by atoms with Crippen molar-refractivity contribution in [3.05, 3.63) is 62.7 Å². The van der Waals surface area contributed by atoms with Gasteiger partial charge in [0.1, 0.15) is 0 Å². The van der Waals surface area contributed by atoms with Crippen LogP contribution in [0.25, 0.3) is 0 Å². The average Bonchev–Trinajstić information content (AvgIpc) is 2.81. The first-order valence-corrected chi connectivity index (χ1v) is 10.9. The van der Waals surface area contributed by atoms with E-state index in [-0.39, 0.29) is 5.92 Å². The number of rotatable bonds is 2. The first kappa shape index (κ1) is 16.5. The highest BCUT2D eigenvalue weighted by atomic mass is 127. The van der Waals surface area contributed by atoms with Crippen molar-refractivity contribution in [3.8, 4) is 0 Å². The standard InChI is InChI=1S/C19H20INO2S/c20-16-7-8-17(18(11-16)24(21,22)23)19-14-5-6-15(19)10-13-4-2-1-3-12(13)9-14/h1-4,7-8,11,14-15,19H,5-6,9-10H2,(H2,21,22,23). The Morgan fingerprint density at radius 1 is 0.958 bits per heavy atom. The van der Waals surface area contributed by atoms with E-state index in [2.05, 4.69) is 46.9 Å². The van der Waals surface area contributed by atoms with Gasteiger partial charge in [-0.2, -0.15) is 0 Å². The first-order chi connectivity index (χ1) is 11.4. The van der Waals surface area contributed by atoms with Gasteiger partial charge >= 0.3 is 0 Å². The molecule has 0 amide bonds. The molecule has 2 N–H and O–H groups in total. The molecule has 0 aliphatic heterocycles. The fourth-order valence-electron chi connectivity index (χ4n) is 4.69. The highest BCUT2D eigenvalue weighted by molar-refractivity contribution is 14.1. The van der Waals surface area contributed by atoms with Crippen LogP contribution in [0.3, 0.4) is 0 Å². The van der Waals surface area contributed by atoms with Crippen molar-refractivity contribution in [2.75, 3.05) is 0 Å². The molecule has 2 unspecified atom stereocenters. The highest BCUT2D eigenvalue weighted by Crippen LogP contribution is 2.50. The molecular formula is C19H20INO2S. The van der Waals surface area contributed by atoms with Crippen LogP contribution in [0.15, 0.2) is 47.4 Å². The minimum absolute atomic E-state index is 0.280. The summed E-state index contributed by atoms with van der Waals surface area (Å²) in [5.74, 6) is 1.28. The molecule has 0 saturated heterocycles. The third-order valence-corrected chi connectivity index (χ3v) is 7.29. The van der Waals surface area contributed by atoms with Gasteiger partial charge in [-0.3, -0.25) is 0 Å². The smallest absolute Gasteiger partial charge is 0.225 e. The second kappa shape index (κ2) is 6.11. The van der Waals surface area contributed by atoms with E-state index in [9.17, 15) is 8.42 Å². The topological polar surface area (TPSA) is 60.2 Å². The van der Waals surface area contributed by atoms with Crippen LogP contribution in [-0.4, -0.2) is 8.42 Å². The predicted octanol–water partition coefficient (Wildman–Crippen LogP) is 3.85. The van der Waals surface area contributed by atoms with Crippen LogP contribution in [0.4, 0.5) is 0 Å². The quantitative estimate of drug-likeness (QED) is 0.703. The lowest BCUT2D eigenvalue weighted by molar-refractivity contribution is 0.417. The van der Waals surface area contributed by atoms with Crippen LogP contribution >= 0.6 is 22.6 Å². The summed E-state index contributed by atoms with van der Waals surface area (Å²) in [5.41, 5.74) is 3.79. The second-order valence-corrected chi connectivity index (χ2v) is 9.80. The van der Waals surface area contributed by atoms with Crippen molar-refractivity contribution in [1.82, 2.24) is 0 Å². The summed E-state index contributed by atoms with van der Waals surface area (Å²) in [4.78, 5) is 0.322. The van der Waals surface area contributed by atoms with Gasteiger partial charge in [0.25, 0.3) is 0 Å². The van der Waals surface area contributed by atoms with Gasteiger partial charge in [0.2, 0.25) is 10.0 Å². The van der Waals surface area contributed by atoms with Gasteiger partial charge in [0.05, 0.1) is 4.90 Å². The zero-order valence-corrected chi connectivity index (χ0v) is 16.3. The average molecular weight is 453 g/mol. The van der Waals surface area contributed by atoms with Crippen LogP contribution in [-0.2, 0) is 22.9 Å². The molecule has 1 saturated carbocycles. The fraction of sp³-hybridized carbons (Fsp3) is 0.368. The van der Waals surface area contributed by atoms with Gasteiger partial charge in [-0.15, -0.1) is 0 Å². The number of halogens is 1. The zero-order chi connectivity index (χ0) is 16.9. The molecule has 4 rings (SSSR count). The van der Waals surface area contributed by atoms with Gasteiger partial charge < -0.3 is 0 Å². The maximum atomic E-state index is 12.2. The molecule has 2 aliphatic carbocycles. The molecule has 2 atom stereocenters. The summed E-state index contributed by atoms with van der Waals surface area (Å²) in [6.45, 7) is 0. The summed E-state index contributed by atoms with van der Waals surface area (Å²) in [7, 11) is -3.71. The van der Waals surface area contributed by atoms with Gasteiger partial charge in [-0.25, -0.2) is 13.6 Å². The molecule has 126 valence electrons. The monoisotopic (exact) mass is 453 g/mol. The molecule has 0 aromatic heterocycles. The van der Waals surface area contributed by atoms with E-state index in [0.29, 0.717) is 16.7 Å². The van der Waals surface area contributed by atoms with Gasteiger partial charge in [0.15, 0.2) is 0 Å². The molecule has 2 aromatic rings. The Labute approximate surface area is 156 Å². The van der Waals surface area contributed by atoms with Crippen molar-refractivity contribution in [1.29, 1.82) is 0 Å². The Kier molecular flexibility index (Phi) is 4.21. The minimum Gasteiger partial charge on any atom is -0.225 e. The lowest BCUT2D eigenvalue weighted by Gasteiger charge is -2.25. The summed E-state index contributed by atoms with van der Waals surface area (Å²) in [5, 5.41) is 5.54. The maximum Gasteiger partial charge on any atom is 0.238 e. The number of sulfonamides is 1. The molecule has 2 aliphatic rings. The van der Waals surface area contributed by atoms with Crippen LogP contribution in [0, 0.1) is 15.4 Å².